The SMILES string of the molecule is C[C@@H](Cc1ccccc1)NC[C@@H](O)c1cc(O)cc(O)c1.O=C(O)/C=C/C(=O)O. The lowest BCUT2D eigenvalue weighted by Crippen LogP contribution is -2.32. The smallest absolute Gasteiger partial charge is 0.328 e. The zero-order valence-corrected chi connectivity index (χ0v) is 15.9. The van der Waals surface area contributed by atoms with Crippen molar-refractivity contribution in [2.24, 2.45) is 0 Å². The van der Waals surface area contributed by atoms with Gasteiger partial charge in [0.25, 0.3) is 0 Å². The molecule has 2 rings (SSSR count). The highest BCUT2D eigenvalue weighted by Gasteiger charge is 2.11. The third-order valence-corrected chi connectivity index (χ3v) is 3.72. The fourth-order valence-corrected chi connectivity index (χ4v) is 2.42. The zero-order chi connectivity index (χ0) is 21.8. The largest absolute Gasteiger partial charge is 0.508 e. The maximum Gasteiger partial charge on any atom is 0.328 e. The molecule has 8 nitrogen and oxygen atoms in total. The molecule has 0 aliphatic heterocycles. The summed E-state index contributed by atoms with van der Waals surface area (Å²) in [5, 5.41) is 47.8. The molecule has 2 atom stereocenters. The summed E-state index contributed by atoms with van der Waals surface area (Å²) in [6.07, 6.45) is 1.21. The van der Waals surface area contributed by atoms with Crippen LogP contribution in [-0.2, 0) is 16.0 Å². The monoisotopic (exact) mass is 403 g/mol. The first-order valence-corrected chi connectivity index (χ1v) is 8.79. The standard InChI is InChI=1S/C17H21NO3.C4H4O4/c1-12(7-13-5-3-2-4-6-13)18-11-17(21)14-8-15(19)10-16(20)9-14;5-3(6)1-2-4(7)8/h2-6,8-10,12,17-21H,7,11H2,1H3;1-2H,(H,5,6)(H,7,8)/b;2-1+/t12-,17+;/m0./s1. The molecule has 0 amide bonds. The number of hydrogen-bond donors (Lipinski definition) is 6. The second-order valence-corrected chi connectivity index (χ2v) is 6.31. The molecule has 156 valence electrons. The van der Waals surface area contributed by atoms with Crippen molar-refractivity contribution in [1.29, 1.82) is 0 Å². The summed E-state index contributed by atoms with van der Waals surface area (Å²) < 4.78 is 0. The molecule has 0 saturated heterocycles. The molecule has 0 saturated carbocycles. The van der Waals surface area contributed by atoms with Gasteiger partial charge >= 0.3 is 11.9 Å². The van der Waals surface area contributed by atoms with Gasteiger partial charge in [0, 0.05) is 30.8 Å². The Labute approximate surface area is 168 Å². The molecule has 2 aromatic carbocycles. The summed E-state index contributed by atoms with van der Waals surface area (Å²) >= 11 is 0. The topological polar surface area (TPSA) is 147 Å². The molecule has 29 heavy (non-hydrogen) atoms. The van der Waals surface area contributed by atoms with Crippen LogP contribution in [0.1, 0.15) is 24.2 Å². The van der Waals surface area contributed by atoms with Gasteiger partial charge in [0.05, 0.1) is 6.10 Å². The van der Waals surface area contributed by atoms with E-state index in [4.69, 9.17) is 10.2 Å². The van der Waals surface area contributed by atoms with Crippen LogP contribution in [0.2, 0.25) is 0 Å². The molecule has 0 heterocycles. The Bertz CT molecular complexity index is 785. The summed E-state index contributed by atoms with van der Waals surface area (Å²) in [6.45, 7) is 2.41. The third-order valence-electron chi connectivity index (χ3n) is 3.72. The summed E-state index contributed by atoms with van der Waals surface area (Å²) in [7, 11) is 0. The van der Waals surface area contributed by atoms with Crippen LogP contribution in [0.5, 0.6) is 11.5 Å². The van der Waals surface area contributed by atoms with Crippen molar-refractivity contribution < 1.29 is 35.1 Å². The molecule has 2 aromatic rings. The van der Waals surface area contributed by atoms with E-state index in [1.807, 2.05) is 18.2 Å². The van der Waals surface area contributed by atoms with Gasteiger partial charge in [-0.3, -0.25) is 0 Å². The molecule has 0 bridgehead atoms. The Balaban J connectivity index is 0.000000447. The molecule has 0 radical (unpaired) electrons. The van der Waals surface area contributed by atoms with Crippen molar-refractivity contribution in [2.45, 2.75) is 25.5 Å². The zero-order valence-electron chi connectivity index (χ0n) is 15.9. The number of aliphatic carboxylic acids is 2. The number of aliphatic hydroxyl groups is 1. The van der Waals surface area contributed by atoms with Gasteiger partial charge in [-0.05, 0) is 36.6 Å². The molecular formula is C21H25NO7. The van der Waals surface area contributed by atoms with E-state index in [-0.39, 0.29) is 17.5 Å². The average molecular weight is 403 g/mol. The predicted molar refractivity (Wildman–Crippen MR) is 107 cm³/mol. The Morgan fingerprint density at radius 3 is 1.97 bits per heavy atom. The number of phenolic OH excluding ortho intramolecular Hbond substituents is 2. The van der Waals surface area contributed by atoms with Crippen LogP contribution < -0.4 is 5.32 Å². The minimum Gasteiger partial charge on any atom is -0.508 e. The van der Waals surface area contributed by atoms with E-state index in [1.165, 1.54) is 23.8 Å². The minimum atomic E-state index is -1.26. The highest BCUT2D eigenvalue weighted by atomic mass is 16.4. The minimum absolute atomic E-state index is 0.0543. The maximum atomic E-state index is 10.1. The second-order valence-electron chi connectivity index (χ2n) is 6.31. The predicted octanol–water partition coefficient (Wildman–Crippen LogP) is 2.06. The number of carboxylic acid groups (broad SMARTS) is 2. The number of aliphatic hydroxyl groups excluding tert-OH is 1. The molecule has 0 unspecified atom stereocenters. The highest BCUT2D eigenvalue weighted by molar-refractivity contribution is 5.89. The number of hydrogen-bond acceptors (Lipinski definition) is 6. The Morgan fingerprint density at radius 2 is 1.48 bits per heavy atom. The molecule has 0 aliphatic carbocycles. The van der Waals surface area contributed by atoms with Crippen LogP contribution in [0.25, 0.3) is 0 Å². The number of carboxylic acids is 2. The van der Waals surface area contributed by atoms with Gasteiger partial charge < -0.3 is 30.8 Å². The van der Waals surface area contributed by atoms with Crippen LogP contribution in [0, 0.1) is 0 Å². The van der Waals surface area contributed by atoms with Crippen LogP contribution >= 0.6 is 0 Å². The van der Waals surface area contributed by atoms with Gasteiger partial charge in [-0.15, -0.1) is 0 Å². The third kappa shape index (κ3) is 10.5. The van der Waals surface area contributed by atoms with Gasteiger partial charge in [0.15, 0.2) is 0 Å². The average Bonchev–Trinajstić information content (AvgIpc) is 2.65. The second kappa shape index (κ2) is 12.2. The maximum absolute atomic E-state index is 10.1. The summed E-state index contributed by atoms with van der Waals surface area (Å²) in [5.41, 5.74) is 1.73. The van der Waals surface area contributed by atoms with E-state index in [2.05, 4.69) is 24.4 Å². The van der Waals surface area contributed by atoms with Crippen molar-refractivity contribution in [1.82, 2.24) is 5.32 Å². The number of aromatic hydroxyl groups is 2. The summed E-state index contributed by atoms with van der Waals surface area (Å²) in [4.78, 5) is 19.1. The Morgan fingerprint density at radius 1 is 0.966 bits per heavy atom. The van der Waals surface area contributed by atoms with Crippen molar-refractivity contribution in [2.75, 3.05) is 6.54 Å². The number of nitrogens with one attached hydrogen (secondary N) is 1. The van der Waals surface area contributed by atoms with Gasteiger partial charge in [-0.2, -0.15) is 0 Å². The number of rotatable bonds is 8. The van der Waals surface area contributed by atoms with Gasteiger partial charge in [0.2, 0.25) is 0 Å². The fourth-order valence-electron chi connectivity index (χ4n) is 2.42. The molecule has 0 aromatic heterocycles. The normalized spacial score (nSPS) is 12.6. The lowest BCUT2D eigenvalue weighted by Gasteiger charge is -2.18. The van der Waals surface area contributed by atoms with Crippen molar-refractivity contribution in [3.8, 4) is 11.5 Å². The van der Waals surface area contributed by atoms with E-state index in [0.717, 1.165) is 6.42 Å². The van der Waals surface area contributed by atoms with Gasteiger partial charge in [-0.25, -0.2) is 9.59 Å². The quantitative estimate of drug-likeness (QED) is 0.367. The van der Waals surface area contributed by atoms with Gasteiger partial charge in [-0.1, -0.05) is 30.3 Å². The number of benzene rings is 2. The fraction of sp³-hybridized carbons (Fsp3) is 0.238. The van der Waals surface area contributed by atoms with E-state index >= 15 is 0 Å². The summed E-state index contributed by atoms with van der Waals surface area (Å²) in [6, 6.07) is 14.5. The van der Waals surface area contributed by atoms with E-state index in [9.17, 15) is 24.9 Å². The first-order valence-electron chi connectivity index (χ1n) is 8.79. The first kappa shape index (κ1) is 23.7. The van der Waals surface area contributed by atoms with Crippen molar-refractivity contribution in [3.05, 3.63) is 71.8 Å². The molecule has 6 N–H and O–H groups in total. The van der Waals surface area contributed by atoms with E-state index in [0.29, 0.717) is 24.3 Å². The van der Waals surface area contributed by atoms with Crippen LogP contribution in [0.15, 0.2) is 60.7 Å². The van der Waals surface area contributed by atoms with Gasteiger partial charge in [0.1, 0.15) is 11.5 Å². The molecular weight excluding hydrogens is 378 g/mol. The van der Waals surface area contributed by atoms with Crippen molar-refractivity contribution >= 4 is 11.9 Å². The molecule has 0 spiro atoms. The number of carbonyl (C=O) groups is 2. The lowest BCUT2D eigenvalue weighted by molar-refractivity contribution is -0.134. The van der Waals surface area contributed by atoms with Crippen LogP contribution in [0.4, 0.5) is 0 Å². The van der Waals surface area contributed by atoms with Crippen LogP contribution in [-0.4, -0.2) is 50.1 Å². The molecule has 0 aliphatic rings. The highest BCUT2D eigenvalue weighted by Crippen LogP contribution is 2.24. The molecule has 8 heteroatoms. The Kier molecular flexibility index (Phi) is 9.94. The number of phenols is 2. The van der Waals surface area contributed by atoms with E-state index in [1.54, 1.807) is 0 Å². The molecule has 0 fully saturated rings. The van der Waals surface area contributed by atoms with E-state index < -0.39 is 18.0 Å². The first-order chi connectivity index (χ1) is 13.7. The van der Waals surface area contributed by atoms with Crippen molar-refractivity contribution in [3.63, 3.8) is 0 Å². The Hall–Kier alpha value is -3.36. The summed E-state index contributed by atoms with van der Waals surface area (Å²) in [5.74, 6) is -2.62. The van der Waals surface area contributed by atoms with Crippen LogP contribution in [0.3, 0.4) is 0 Å². The lowest BCUT2D eigenvalue weighted by atomic mass is 10.1.